The summed E-state index contributed by atoms with van der Waals surface area (Å²) in [4.78, 5) is 6.48. The van der Waals surface area contributed by atoms with Crippen LogP contribution in [0, 0.1) is 0 Å². The number of benzene rings is 1. The second kappa shape index (κ2) is 5.08. The van der Waals surface area contributed by atoms with Crippen LogP contribution < -0.4 is 0 Å². The third kappa shape index (κ3) is 2.53. The van der Waals surface area contributed by atoms with Crippen LogP contribution in [0.15, 0.2) is 47.6 Å². The van der Waals surface area contributed by atoms with E-state index in [0.29, 0.717) is 0 Å². The monoisotopic (exact) mass is 365 g/mol. The molecule has 0 saturated heterocycles. The van der Waals surface area contributed by atoms with Crippen LogP contribution >= 0.6 is 0 Å². The van der Waals surface area contributed by atoms with Crippen molar-refractivity contribution in [2.75, 3.05) is 13.7 Å². The molecule has 75 valence electrons. The number of aliphatic imine (C=N–C) groups is 1. The van der Waals surface area contributed by atoms with Gasteiger partial charge < -0.3 is 4.90 Å². The first-order chi connectivity index (χ1) is 6.36. The van der Waals surface area contributed by atoms with E-state index in [-0.39, 0.29) is 20.1 Å². The standard InChI is InChI=1S/C11H12N2.Ir/c1-13-8-7-11(12-9-13)10-5-3-2-4-6-10;/h2-8H,9H2,1H3;. The van der Waals surface area contributed by atoms with Gasteiger partial charge in [-0.3, -0.25) is 4.99 Å². The number of hydrogen-bond donors (Lipinski definition) is 0. The van der Waals surface area contributed by atoms with Crippen LogP contribution in [0.4, 0.5) is 0 Å². The van der Waals surface area contributed by atoms with Gasteiger partial charge in [-0.2, -0.15) is 0 Å². The minimum atomic E-state index is 0. The van der Waals surface area contributed by atoms with Gasteiger partial charge in [-0.05, 0) is 11.6 Å². The molecule has 1 heterocycles. The van der Waals surface area contributed by atoms with E-state index in [1.165, 1.54) is 5.56 Å². The van der Waals surface area contributed by atoms with Crippen molar-refractivity contribution in [3.8, 4) is 0 Å². The summed E-state index contributed by atoms with van der Waals surface area (Å²) < 4.78 is 0. The fourth-order valence-electron chi connectivity index (χ4n) is 1.28. The minimum Gasteiger partial charge on any atom is -0.361 e. The smallest absolute Gasteiger partial charge is 0.110 e. The van der Waals surface area contributed by atoms with Crippen LogP contribution in [0.1, 0.15) is 5.56 Å². The molecule has 0 aliphatic carbocycles. The summed E-state index contributed by atoms with van der Waals surface area (Å²) in [6.07, 6.45) is 4.09. The van der Waals surface area contributed by atoms with Gasteiger partial charge in [0.25, 0.3) is 0 Å². The predicted octanol–water partition coefficient (Wildman–Crippen LogP) is 1.89. The molecule has 1 aromatic rings. The average Bonchev–Trinajstić information content (AvgIpc) is 2.20. The van der Waals surface area contributed by atoms with Crippen molar-refractivity contribution in [3.63, 3.8) is 0 Å². The molecule has 2 nitrogen and oxygen atoms in total. The molecule has 14 heavy (non-hydrogen) atoms. The molecule has 0 bridgehead atoms. The zero-order valence-corrected chi connectivity index (χ0v) is 10.4. The Morgan fingerprint density at radius 2 is 1.93 bits per heavy atom. The molecular formula is C11H12IrN2. The average molecular weight is 364 g/mol. The van der Waals surface area contributed by atoms with Crippen LogP contribution in [0.5, 0.6) is 0 Å². The van der Waals surface area contributed by atoms with E-state index in [0.717, 1.165) is 12.4 Å². The molecule has 0 unspecified atom stereocenters. The molecule has 0 fully saturated rings. The molecular weight excluding hydrogens is 352 g/mol. The Morgan fingerprint density at radius 3 is 2.50 bits per heavy atom. The van der Waals surface area contributed by atoms with Crippen LogP contribution in [-0.2, 0) is 20.1 Å². The Morgan fingerprint density at radius 1 is 1.21 bits per heavy atom. The third-order valence-electron chi connectivity index (χ3n) is 2.02. The fraction of sp³-hybridized carbons (Fsp3) is 0.182. The Hall–Kier alpha value is -0.921. The number of allylic oxidation sites excluding steroid dienone is 1. The van der Waals surface area contributed by atoms with Gasteiger partial charge in [0.2, 0.25) is 0 Å². The van der Waals surface area contributed by atoms with Gasteiger partial charge in [0.05, 0.1) is 5.71 Å². The quantitative estimate of drug-likeness (QED) is 0.743. The fourth-order valence-corrected chi connectivity index (χ4v) is 1.28. The van der Waals surface area contributed by atoms with E-state index < -0.39 is 0 Å². The second-order valence-electron chi connectivity index (χ2n) is 3.12. The van der Waals surface area contributed by atoms with Crippen molar-refractivity contribution < 1.29 is 20.1 Å². The molecule has 1 aromatic carbocycles. The Labute approximate surface area is 97.7 Å². The van der Waals surface area contributed by atoms with Crippen LogP contribution in [0.2, 0.25) is 0 Å². The minimum absolute atomic E-state index is 0. The summed E-state index contributed by atoms with van der Waals surface area (Å²) in [6, 6.07) is 10.2. The van der Waals surface area contributed by atoms with Crippen LogP contribution in [0.3, 0.4) is 0 Å². The summed E-state index contributed by atoms with van der Waals surface area (Å²) in [6.45, 7) is 0.751. The first kappa shape index (κ1) is 11.2. The molecule has 0 N–H and O–H groups in total. The number of nitrogens with zero attached hydrogens (tertiary/aromatic N) is 2. The van der Waals surface area contributed by atoms with Crippen molar-refractivity contribution >= 4 is 5.71 Å². The van der Waals surface area contributed by atoms with Crippen molar-refractivity contribution in [1.82, 2.24) is 4.90 Å². The zero-order valence-electron chi connectivity index (χ0n) is 7.98. The Balaban J connectivity index is 0.000000980. The van der Waals surface area contributed by atoms with Gasteiger partial charge in [-0.25, -0.2) is 0 Å². The third-order valence-corrected chi connectivity index (χ3v) is 2.02. The molecule has 3 heteroatoms. The molecule has 0 saturated carbocycles. The summed E-state index contributed by atoms with van der Waals surface area (Å²) in [7, 11) is 2.02. The van der Waals surface area contributed by atoms with Gasteiger partial charge >= 0.3 is 0 Å². The van der Waals surface area contributed by atoms with Gasteiger partial charge in [0.1, 0.15) is 6.67 Å². The van der Waals surface area contributed by atoms with E-state index in [9.17, 15) is 0 Å². The van der Waals surface area contributed by atoms with Gasteiger partial charge in [-0.1, -0.05) is 30.3 Å². The first-order valence-electron chi connectivity index (χ1n) is 4.34. The van der Waals surface area contributed by atoms with E-state index in [4.69, 9.17) is 0 Å². The van der Waals surface area contributed by atoms with E-state index in [1.54, 1.807) is 0 Å². The van der Waals surface area contributed by atoms with Gasteiger partial charge in [0, 0.05) is 33.4 Å². The van der Waals surface area contributed by atoms with E-state index >= 15 is 0 Å². The van der Waals surface area contributed by atoms with E-state index in [1.807, 2.05) is 36.2 Å². The van der Waals surface area contributed by atoms with Gasteiger partial charge in [-0.15, -0.1) is 0 Å². The molecule has 2 rings (SSSR count). The molecule has 0 atom stereocenters. The molecule has 0 aromatic heterocycles. The first-order valence-corrected chi connectivity index (χ1v) is 4.34. The molecule has 1 aliphatic rings. The maximum absolute atomic E-state index is 4.44. The SMILES string of the molecule is CN1C=CC(c2ccccc2)=NC1.[Ir]. The zero-order chi connectivity index (χ0) is 9.10. The molecule has 1 aliphatic heterocycles. The summed E-state index contributed by atoms with van der Waals surface area (Å²) in [5.74, 6) is 0. The van der Waals surface area contributed by atoms with Crippen molar-refractivity contribution in [3.05, 3.63) is 48.2 Å². The van der Waals surface area contributed by atoms with E-state index in [2.05, 4.69) is 23.3 Å². The van der Waals surface area contributed by atoms with Crippen LogP contribution in [-0.4, -0.2) is 24.3 Å². The molecule has 1 radical (unpaired) electrons. The molecule has 0 spiro atoms. The number of hydrogen-bond acceptors (Lipinski definition) is 2. The van der Waals surface area contributed by atoms with Crippen molar-refractivity contribution in [2.24, 2.45) is 4.99 Å². The van der Waals surface area contributed by atoms with Crippen molar-refractivity contribution in [2.45, 2.75) is 0 Å². The van der Waals surface area contributed by atoms with Crippen molar-refractivity contribution in [1.29, 1.82) is 0 Å². The maximum atomic E-state index is 4.44. The summed E-state index contributed by atoms with van der Waals surface area (Å²) in [5, 5.41) is 0. The largest absolute Gasteiger partial charge is 0.361 e. The second-order valence-corrected chi connectivity index (χ2v) is 3.12. The summed E-state index contributed by atoms with van der Waals surface area (Å²) >= 11 is 0. The van der Waals surface area contributed by atoms with Crippen LogP contribution in [0.25, 0.3) is 0 Å². The summed E-state index contributed by atoms with van der Waals surface area (Å²) in [5.41, 5.74) is 2.26. The topological polar surface area (TPSA) is 15.6 Å². The number of rotatable bonds is 1. The Kier molecular flexibility index (Phi) is 4.05. The normalized spacial score (nSPS) is 14.6. The predicted molar refractivity (Wildman–Crippen MR) is 54.7 cm³/mol. The maximum Gasteiger partial charge on any atom is 0.110 e. The molecule has 0 amide bonds. The van der Waals surface area contributed by atoms with Gasteiger partial charge in [0.15, 0.2) is 0 Å². The Bertz CT molecular complexity index is 344.